The minimum absolute atomic E-state index is 0.0745. The van der Waals surface area contributed by atoms with Crippen LogP contribution in [0.5, 0.6) is 0 Å². The van der Waals surface area contributed by atoms with Crippen molar-refractivity contribution in [2.24, 2.45) is 0 Å². The molecule has 0 unspecified atom stereocenters. The van der Waals surface area contributed by atoms with Gasteiger partial charge in [0.2, 0.25) is 17.7 Å². The Hall–Kier alpha value is -2.83. The van der Waals surface area contributed by atoms with E-state index in [0.29, 0.717) is 27.3 Å². The topological polar surface area (TPSA) is 89.9 Å². The number of nitrogen functional groups attached to an aromatic ring is 1. The van der Waals surface area contributed by atoms with Gasteiger partial charge in [0, 0.05) is 26.7 Å². The second kappa shape index (κ2) is 6.48. The molecular formula is C18H13Cl2N5O. The number of rotatable bonds is 3. The standard InChI is InChI=1S/C18H13Cl2N5O/c1-9-13-4-2-3-5-14(13)26-15(9)16-23-17(21)25-18(24-16)22-12-7-10(19)6-11(20)8-12/h2-8H,1H3,(H3,21,22,23,24,25). The maximum atomic E-state index is 6.02. The first-order valence-electron chi connectivity index (χ1n) is 7.73. The number of benzene rings is 2. The molecule has 0 radical (unpaired) electrons. The predicted octanol–water partition coefficient (Wildman–Crippen LogP) is 5.23. The highest BCUT2D eigenvalue weighted by Gasteiger charge is 2.16. The molecule has 2 heterocycles. The highest BCUT2D eigenvalue weighted by atomic mass is 35.5. The Bertz CT molecular complexity index is 1110. The molecule has 0 spiro atoms. The van der Waals surface area contributed by atoms with Crippen molar-refractivity contribution in [2.45, 2.75) is 6.92 Å². The van der Waals surface area contributed by atoms with Gasteiger partial charge in [0.25, 0.3) is 0 Å². The van der Waals surface area contributed by atoms with Gasteiger partial charge in [-0.2, -0.15) is 15.0 Å². The number of hydrogen-bond acceptors (Lipinski definition) is 6. The molecule has 26 heavy (non-hydrogen) atoms. The summed E-state index contributed by atoms with van der Waals surface area (Å²) in [7, 11) is 0. The molecule has 2 aromatic carbocycles. The van der Waals surface area contributed by atoms with Gasteiger partial charge in [-0.1, -0.05) is 41.4 Å². The summed E-state index contributed by atoms with van der Waals surface area (Å²) < 4.78 is 5.90. The Kier molecular flexibility index (Phi) is 4.14. The predicted molar refractivity (Wildman–Crippen MR) is 104 cm³/mol. The first-order chi connectivity index (χ1) is 12.5. The first kappa shape index (κ1) is 16.6. The number of anilines is 3. The minimum atomic E-state index is 0.0745. The number of nitrogens with two attached hydrogens (primary N) is 1. The van der Waals surface area contributed by atoms with E-state index in [4.69, 9.17) is 33.4 Å². The molecule has 2 aromatic heterocycles. The fraction of sp³-hybridized carbons (Fsp3) is 0.0556. The van der Waals surface area contributed by atoms with E-state index in [0.717, 1.165) is 16.5 Å². The van der Waals surface area contributed by atoms with Crippen LogP contribution in [-0.4, -0.2) is 15.0 Å². The maximum absolute atomic E-state index is 6.02. The van der Waals surface area contributed by atoms with Crippen LogP contribution in [0.4, 0.5) is 17.6 Å². The van der Waals surface area contributed by atoms with Crippen LogP contribution in [0.25, 0.3) is 22.6 Å². The molecule has 130 valence electrons. The summed E-state index contributed by atoms with van der Waals surface area (Å²) in [4.78, 5) is 12.7. The van der Waals surface area contributed by atoms with Crippen LogP contribution in [0.15, 0.2) is 46.9 Å². The maximum Gasteiger partial charge on any atom is 0.232 e. The third-order valence-corrected chi connectivity index (χ3v) is 4.25. The molecule has 8 heteroatoms. The van der Waals surface area contributed by atoms with Crippen molar-refractivity contribution in [1.29, 1.82) is 0 Å². The van der Waals surface area contributed by atoms with E-state index >= 15 is 0 Å². The molecule has 0 aliphatic heterocycles. The van der Waals surface area contributed by atoms with Crippen LogP contribution in [-0.2, 0) is 0 Å². The highest BCUT2D eigenvalue weighted by Crippen LogP contribution is 2.32. The lowest BCUT2D eigenvalue weighted by molar-refractivity contribution is 0.622. The number of fused-ring (bicyclic) bond motifs is 1. The van der Waals surface area contributed by atoms with Crippen molar-refractivity contribution in [2.75, 3.05) is 11.1 Å². The fourth-order valence-corrected chi connectivity index (χ4v) is 3.22. The lowest BCUT2D eigenvalue weighted by atomic mass is 10.1. The molecule has 0 aliphatic carbocycles. The second-order valence-corrected chi connectivity index (χ2v) is 6.55. The zero-order chi connectivity index (χ0) is 18.3. The average Bonchev–Trinajstić information content (AvgIpc) is 2.91. The van der Waals surface area contributed by atoms with Crippen LogP contribution in [0, 0.1) is 6.92 Å². The number of nitrogens with one attached hydrogen (secondary N) is 1. The Balaban J connectivity index is 1.77. The van der Waals surface area contributed by atoms with Gasteiger partial charge in [0.1, 0.15) is 5.58 Å². The van der Waals surface area contributed by atoms with E-state index < -0.39 is 0 Å². The zero-order valence-electron chi connectivity index (χ0n) is 13.6. The van der Waals surface area contributed by atoms with E-state index in [-0.39, 0.29) is 11.9 Å². The van der Waals surface area contributed by atoms with Crippen molar-refractivity contribution in [3.8, 4) is 11.6 Å². The van der Waals surface area contributed by atoms with E-state index in [2.05, 4.69) is 20.3 Å². The van der Waals surface area contributed by atoms with E-state index in [1.165, 1.54) is 0 Å². The number of aromatic nitrogens is 3. The number of halogens is 2. The van der Waals surface area contributed by atoms with Crippen molar-refractivity contribution in [1.82, 2.24) is 15.0 Å². The van der Waals surface area contributed by atoms with Crippen LogP contribution in [0.3, 0.4) is 0 Å². The van der Waals surface area contributed by atoms with Gasteiger partial charge < -0.3 is 15.5 Å². The lowest BCUT2D eigenvalue weighted by Crippen LogP contribution is -2.05. The Labute approximate surface area is 159 Å². The van der Waals surface area contributed by atoms with Crippen molar-refractivity contribution in [3.63, 3.8) is 0 Å². The summed E-state index contributed by atoms with van der Waals surface area (Å²) in [5.74, 6) is 1.24. The Morgan fingerprint density at radius 1 is 1.00 bits per heavy atom. The molecular weight excluding hydrogens is 373 g/mol. The van der Waals surface area contributed by atoms with Crippen LogP contribution < -0.4 is 11.1 Å². The van der Waals surface area contributed by atoms with Gasteiger partial charge in [0.05, 0.1) is 0 Å². The molecule has 0 aliphatic rings. The summed E-state index contributed by atoms with van der Waals surface area (Å²) in [6.45, 7) is 1.95. The minimum Gasteiger partial charge on any atom is -0.452 e. The largest absolute Gasteiger partial charge is 0.452 e. The van der Waals surface area contributed by atoms with Gasteiger partial charge in [-0.05, 0) is 31.2 Å². The van der Waals surface area contributed by atoms with Gasteiger partial charge >= 0.3 is 0 Å². The number of hydrogen-bond donors (Lipinski definition) is 2. The van der Waals surface area contributed by atoms with Crippen LogP contribution in [0.2, 0.25) is 10.0 Å². The molecule has 4 rings (SSSR count). The van der Waals surface area contributed by atoms with Gasteiger partial charge in [-0.25, -0.2) is 0 Å². The van der Waals surface area contributed by atoms with Gasteiger partial charge in [-0.3, -0.25) is 0 Å². The number of nitrogens with zero attached hydrogens (tertiary/aromatic N) is 3. The zero-order valence-corrected chi connectivity index (χ0v) is 15.1. The monoisotopic (exact) mass is 385 g/mol. The molecule has 0 amide bonds. The summed E-state index contributed by atoms with van der Waals surface area (Å²) in [6, 6.07) is 12.8. The van der Waals surface area contributed by atoms with E-state index in [9.17, 15) is 0 Å². The van der Waals surface area contributed by atoms with Gasteiger partial charge in [0.15, 0.2) is 5.76 Å². The Morgan fingerprint density at radius 2 is 1.73 bits per heavy atom. The summed E-state index contributed by atoms with van der Waals surface area (Å²) in [5.41, 5.74) is 8.19. The second-order valence-electron chi connectivity index (χ2n) is 5.68. The first-order valence-corrected chi connectivity index (χ1v) is 8.48. The lowest BCUT2D eigenvalue weighted by Gasteiger charge is -2.07. The van der Waals surface area contributed by atoms with E-state index in [1.54, 1.807) is 18.2 Å². The number of furan rings is 1. The molecule has 0 fully saturated rings. The van der Waals surface area contributed by atoms with E-state index in [1.807, 2.05) is 31.2 Å². The van der Waals surface area contributed by atoms with Crippen LogP contribution in [0.1, 0.15) is 5.56 Å². The van der Waals surface area contributed by atoms with Crippen molar-refractivity contribution in [3.05, 3.63) is 58.1 Å². The van der Waals surface area contributed by atoms with Gasteiger partial charge in [-0.15, -0.1) is 0 Å². The number of para-hydroxylation sites is 1. The third-order valence-electron chi connectivity index (χ3n) is 3.82. The molecule has 0 saturated carbocycles. The molecule has 4 aromatic rings. The molecule has 3 N–H and O–H groups in total. The third kappa shape index (κ3) is 3.16. The smallest absolute Gasteiger partial charge is 0.232 e. The summed E-state index contributed by atoms with van der Waals surface area (Å²) in [6.07, 6.45) is 0. The fourth-order valence-electron chi connectivity index (χ4n) is 2.69. The normalized spacial score (nSPS) is 11.0. The quantitative estimate of drug-likeness (QED) is 0.501. The molecule has 6 nitrogen and oxygen atoms in total. The average molecular weight is 386 g/mol. The highest BCUT2D eigenvalue weighted by molar-refractivity contribution is 6.35. The molecule has 0 saturated heterocycles. The summed E-state index contributed by atoms with van der Waals surface area (Å²) in [5, 5.41) is 5.03. The SMILES string of the molecule is Cc1c(-c2nc(N)nc(Nc3cc(Cl)cc(Cl)c3)n2)oc2ccccc12. The van der Waals surface area contributed by atoms with Crippen molar-refractivity contribution >= 4 is 51.8 Å². The summed E-state index contributed by atoms with van der Waals surface area (Å²) >= 11 is 12.0. The van der Waals surface area contributed by atoms with Crippen LogP contribution >= 0.6 is 23.2 Å². The molecule has 0 atom stereocenters. The molecule has 0 bridgehead atoms. The van der Waals surface area contributed by atoms with Crippen molar-refractivity contribution < 1.29 is 4.42 Å². The Morgan fingerprint density at radius 3 is 2.46 bits per heavy atom. The number of aryl methyl sites for hydroxylation is 1.